The molecule has 0 fully saturated rings. The van der Waals surface area contributed by atoms with Crippen LogP contribution in [0.2, 0.25) is 0 Å². The molecule has 1 aromatic carbocycles. The summed E-state index contributed by atoms with van der Waals surface area (Å²) in [4.78, 5) is 28.7. The van der Waals surface area contributed by atoms with Gasteiger partial charge in [-0.25, -0.2) is 0 Å². The minimum atomic E-state index is -0.376. The summed E-state index contributed by atoms with van der Waals surface area (Å²) in [6, 6.07) is 16.9. The van der Waals surface area contributed by atoms with E-state index in [1.165, 1.54) is 0 Å². The first-order chi connectivity index (χ1) is 12.1. The van der Waals surface area contributed by atoms with Gasteiger partial charge in [0.2, 0.25) is 0 Å². The van der Waals surface area contributed by atoms with Gasteiger partial charge in [-0.2, -0.15) is 0 Å². The molecule has 4 nitrogen and oxygen atoms in total. The Labute approximate surface area is 150 Å². The first-order valence-corrected chi connectivity index (χ1v) is 9.07. The summed E-state index contributed by atoms with van der Waals surface area (Å²) in [6.07, 6.45) is 0. The van der Waals surface area contributed by atoms with E-state index in [1.807, 2.05) is 61.7 Å². The van der Waals surface area contributed by atoms with Crippen LogP contribution in [0.15, 0.2) is 64.8 Å². The zero-order valence-electron chi connectivity index (χ0n) is 14.2. The van der Waals surface area contributed by atoms with Gasteiger partial charge in [0.1, 0.15) is 5.56 Å². The molecule has 0 aliphatic heterocycles. The molecule has 3 rings (SSSR count). The second-order valence-corrected chi connectivity index (χ2v) is 7.15. The van der Waals surface area contributed by atoms with E-state index in [1.54, 1.807) is 23.5 Å². The van der Waals surface area contributed by atoms with Crippen LogP contribution in [0.1, 0.15) is 35.8 Å². The highest BCUT2D eigenvalue weighted by molar-refractivity contribution is 7.13. The van der Waals surface area contributed by atoms with Gasteiger partial charge in [-0.05, 0) is 35.1 Å². The predicted octanol–water partition coefficient (Wildman–Crippen LogP) is 4.23. The summed E-state index contributed by atoms with van der Waals surface area (Å²) in [6.45, 7) is 4.09. The molecule has 25 heavy (non-hydrogen) atoms. The van der Waals surface area contributed by atoms with E-state index >= 15 is 0 Å². The fourth-order valence-corrected chi connectivity index (χ4v) is 3.45. The number of rotatable bonds is 5. The molecule has 1 atom stereocenters. The number of H-pyrrole nitrogens is 1. The van der Waals surface area contributed by atoms with Crippen LogP contribution in [0, 0.1) is 5.92 Å². The summed E-state index contributed by atoms with van der Waals surface area (Å²) in [5, 5.41) is 4.93. The quantitative estimate of drug-likeness (QED) is 0.722. The van der Waals surface area contributed by atoms with Crippen molar-refractivity contribution in [3.05, 3.63) is 81.5 Å². The normalized spacial score (nSPS) is 12.1. The minimum Gasteiger partial charge on any atom is -0.345 e. The van der Waals surface area contributed by atoms with E-state index in [0.717, 1.165) is 16.1 Å². The molecule has 1 amide bonds. The minimum absolute atomic E-state index is 0.127. The molecule has 0 aliphatic rings. The van der Waals surface area contributed by atoms with E-state index < -0.39 is 0 Å². The van der Waals surface area contributed by atoms with E-state index in [0.29, 0.717) is 0 Å². The molecule has 0 unspecified atom stereocenters. The number of aromatic amines is 1. The number of benzene rings is 1. The lowest BCUT2D eigenvalue weighted by atomic mass is 9.96. The largest absolute Gasteiger partial charge is 0.345 e. The fourth-order valence-electron chi connectivity index (χ4n) is 2.74. The second kappa shape index (κ2) is 7.49. The molecular formula is C20H20N2O2S. The topological polar surface area (TPSA) is 62.0 Å². The number of nitrogens with one attached hydrogen (secondary N) is 2. The van der Waals surface area contributed by atoms with Crippen LogP contribution < -0.4 is 10.9 Å². The first-order valence-electron chi connectivity index (χ1n) is 8.19. The molecule has 128 valence electrons. The van der Waals surface area contributed by atoms with Crippen molar-refractivity contribution < 1.29 is 4.79 Å². The summed E-state index contributed by atoms with van der Waals surface area (Å²) < 4.78 is 0. The maximum absolute atomic E-state index is 12.6. The van der Waals surface area contributed by atoms with Crippen molar-refractivity contribution in [3.63, 3.8) is 0 Å². The molecule has 0 radical (unpaired) electrons. The first kappa shape index (κ1) is 17.2. The van der Waals surface area contributed by atoms with Crippen molar-refractivity contribution in [1.29, 1.82) is 0 Å². The van der Waals surface area contributed by atoms with Gasteiger partial charge in [-0.3, -0.25) is 9.59 Å². The molecule has 0 saturated carbocycles. The van der Waals surface area contributed by atoms with E-state index in [9.17, 15) is 9.59 Å². The third kappa shape index (κ3) is 3.88. The maximum atomic E-state index is 12.6. The Kier molecular flexibility index (Phi) is 5.14. The van der Waals surface area contributed by atoms with Crippen molar-refractivity contribution in [2.75, 3.05) is 0 Å². The Balaban J connectivity index is 1.84. The number of aromatic nitrogens is 1. The molecular weight excluding hydrogens is 332 g/mol. The van der Waals surface area contributed by atoms with E-state index in [-0.39, 0.29) is 29.0 Å². The molecule has 2 N–H and O–H groups in total. The van der Waals surface area contributed by atoms with Crippen LogP contribution in [0.3, 0.4) is 0 Å². The molecule has 2 aromatic heterocycles. The lowest BCUT2D eigenvalue weighted by Crippen LogP contribution is -2.35. The summed E-state index contributed by atoms with van der Waals surface area (Å²) >= 11 is 1.54. The number of thiophene rings is 1. The third-order valence-corrected chi connectivity index (χ3v) is 4.96. The van der Waals surface area contributed by atoms with Crippen LogP contribution in [0.5, 0.6) is 0 Å². The number of hydrogen-bond acceptors (Lipinski definition) is 3. The summed E-state index contributed by atoms with van der Waals surface area (Å²) in [5.74, 6) is -0.155. The highest BCUT2D eigenvalue weighted by Gasteiger charge is 2.20. The van der Waals surface area contributed by atoms with Gasteiger partial charge >= 0.3 is 0 Å². The maximum Gasteiger partial charge on any atom is 0.261 e. The Morgan fingerprint density at radius 3 is 2.40 bits per heavy atom. The number of pyridine rings is 1. The van der Waals surface area contributed by atoms with Crippen molar-refractivity contribution in [1.82, 2.24) is 10.3 Å². The van der Waals surface area contributed by atoms with Gasteiger partial charge in [-0.1, -0.05) is 50.2 Å². The number of carbonyl (C=O) groups is 1. The van der Waals surface area contributed by atoms with Gasteiger partial charge < -0.3 is 10.3 Å². The van der Waals surface area contributed by atoms with Crippen LogP contribution in [0.4, 0.5) is 0 Å². The highest BCUT2D eigenvalue weighted by atomic mass is 32.1. The van der Waals surface area contributed by atoms with Crippen LogP contribution >= 0.6 is 11.3 Å². The Bertz CT molecular complexity index is 899. The highest BCUT2D eigenvalue weighted by Crippen LogP contribution is 2.23. The number of hydrogen-bond donors (Lipinski definition) is 2. The second-order valence-electron chi connectivity index (χ2n) is 6.20. The van der Waals surface area contributed by atoms with Crippen molar-refractivity contribution in [3.8, 4) is 10.6 Å². The molecule has 5 heteroatoms. The van der Waals surface area contributed by atoms with Gasteiger partial charge in [0.25, 0.3) is 11.5 Å². The third-order valence-electron chi connectivity index (χ3n) is 4.05. The van der Waals surface area contributed by atoms with Crippen molar-refractivity contribution >= 4 is 17.2 Å². The SMILES string of the molecule is CC(C)[C@@H](NC(=O)c1ccc(-c2cccs2)[nH]c1=O)c1ccccc1. The van der Waals surface area contributed by atoms with Crippen LogP contribution in [0.25, 0.3) is 10.6 Å². The average Bonchev–Trinajstić information content (AvgIpc) is 3.14. The zero-order valence-corrected chi connectivity index (χ0v) is 15.0. The number of carbonyl (C=O) groups excluding carboxylic acids is 1. The summed E-state index contributed by atoms with van der Waals surface area (Å²) in [5.41, 5.74) is 1.50. The lowest BCUT2D eigenvalue weighted by Gasteiger charge is -2.22. The standard InChI is InChI=1S/C20H20N2O2S/c1-13(2)18(14-7-4-3-5-8-14)22-20(24)15-10-11-16(21-19(15)23)17-9-6-12-25-17/h3-13,18H,1-2H3,(H,21,23)(H,22,24)/t18-/m1/s1. The van der Waals surface area contributed by atoms with Gasteiger partial charge in [0, 0.05) is 0 Å². The molecule has 0 spiro atoms. The fraction of sp³-hybridized carbons (Fsp3) is 0.200. The zero-order chi connectivity index (χ0) is 17.8. The molecule has 0 bridgehead atoms. The molecule has 0 saturated heterocycles. The Hall–Kier alpha value is -2.66. The average molecular weight is 352 g/mol. The molecule has 3 aromatic rings. The van der Waals surface area contributed by atoms with Crippen molar-refractivity contribution in [2.24, 2.45) is 5.92 Å². The molecule has 2 heterocycles. The van der Waals surface area contributed by atoms with Gasteiger partial charge in [-0.15, -0.1) is 11.3 Å². The van der Waals surface area contributed by atoms with E-state index in [4.69, 9.17) is 0 Å². The van der Waals surface area contributed by atoms with Gasteiger partial charge in [0.05, 0.1) is 16.6 Å². The van der Waals surface area contributed by atoms with E-state index in [2.05, 4.69) is 10.3 Å². The molecule has 0 aliphatic carbocycles. The lowest BCUT2D eigenvalue weighted by molar-refractivity contribution is 0.0924. The monoisotopic (exact) mass is 352 g/mol. The number of amides is 1. The van der Waals surface area contributed by atoms with Crippen molar-refractivity contribution in [2.45, 2.75) is 19.9 Å². The summed E-state index contributed by atoms with van der Waals surface area (Å²) in [7, 11) is 0. The predicted molar refractivity (Wildman–Crippen MR) is 102 cm³/mol. The van der Waals surface area contributed by atoms with Crippen LogP contribution in [-0.4, -0.2) is 10.9 Å². The Morgan fingerprint density at radius 1 is 1.04 bits per heavy atom. The Morgan fingerprint density at radius 2 is 1.80 bits per heavy atom. The van der Waals surface area contributed by atoms with Gasteiger partial charge in [0.15, 0.2) is 0 Å². The van der Waals surface area contributed by atoms with Crippen LogP contribution in [-0.2, 0) is 0 Å². The smallest absolute Gasteiger partial charge is 0.261 e.